The fraction of sp³-hybridized carbons (Fsp3) is 0.700. The van der Waals surface area contributed by atoms with Crippen molar-refractivity contribution in [3.63, 3.8) is 0 Å². The number of carbonyl (C=O) groups excluding carboxylic acids is 1. The Kier molecular flexibility index (Phi) is 2.68. The molecule has 0 spiro atoms. The van der Waals surface area contributed by atoms with E-state index in [0.29, 0.717) is 12.6 Å². The number of Topliss-reactive ketones (excluding diaryl/α,β-unsaturated/α-hetero) is 1. The topological polar surface area (TPSA) is 20.3 Å². The van der Waals surface area contributed by atoms with Gasteiger partial charge in [0.05, 0.1) is 6.54 Å². The van der Waals surface area contributed by atoms with Crippen molar-refractivity contribution in [3.05, 3.63) is 11.1 Å². The number of nitrogens with zero attached hydrogens (tertiary/aromatic N) is 1. The molecule has 0 saturated carbocycles. The molecule has 1 atom stereocenters. The summed E-state index contributed by atoms with van der Waals surface area (Å²) in [5.74, 6) is 0.278. The van der Waals surface area contributed by atoms with Crippen LogP contribution in [-0.4, -0.2) is 30.3 Å². The first-order valence-electron chi connectivity index (χ1n) is 4.48. The summed E-state index contributed by atoms with van der Waals surface area (Å²) in [4.78, 5) is 13.5. The van der Waals surface area contributed by atoms with Crippen molar-refractivity contribution in [1.29, 1.82) is 0 Å². The van der Waals surface area contributed by atoms with Gasteiger partial charge in [-0.3, -0.25) is 9.69 Å². The summed E-state index contributed by atoms with van der Waals surface area (Å²) in [7, 11) is 2.02. The molecule has 2 heteroatoms. The average molecular weight is 167 g/mol. The van der Waals surface area contributed by atoms with Gasteiger partial charge in [-0.1, -0.05) is 6.92 Å². The summed E-state index contributed by atoms with van der Waals surface area (Å²) in [6, 6.07) is 0.475. The minimum atomic E-state index is 0.278. The van der Waals surface area contributed by atoms with E-state index >= 15 is 0 Å². The molecule has 0 aromatic carbocycles. The van der Waals surface area contributed by atoms with E-state index in [4.69, 9.17) is 0 Å². The second-order valence-corrected chi connectivity index (χ2v) is 3.57. The second-order valence-electron chi connectivity index (χ2n) is 3.57. The van der Waals surface area contributed by atoms with Crippen LogP contribution in [0.1, 0.15) is 27.2 Å². The molecule has 1 aliphatic heterocycles. The molecule has 2 nitrogen and oxygen atoms in total. The lowest BCUT2D eigenvalue weighted by Crippen LogP contribution is -2.41. The maximum absolute atomic E-state index is 11.4. The third-order valence-corrected chi connectivity index (χ3v) is 2.82. The van der Waals surface area contributed by atoms with Crippen molar-refractivity contribution in [3.8, 4) is 0 Å². The van der Waals surface area contributed by atoms with Gasteiger partial charge in [0.2, 0.25) is 0 Å². The van der Waals surface area contributed by atoms with Gasteiger partial charge in [-0.25, -0.2) is 0 Å². The molecular weight excluding hydrogens is 150 g/mol. The van der Waals surface area contributed by atoms with Crippen LogP contribution in [0.4, 0.5) is 0 Å². The zero-order chi connectivity index (χ0) is 9.30. The van der Waals surface area contributed by atoms with E-state index in [1.807, 2.05) is 14.0 Å². The molecular formula is C10H17NO. The highest BCUT2D eigenvalue weighted by atomic mass is 16.1. The Hall–Kier alpha value is -0.630. The molecule has 0 saturated heterocycles. The summed E-state index contributed by atoms with van der Waals surface area (Å²) < 4.78 is 0. The van der Waals surface area contributed by atoms with Gasteiger partial charge in [-0.05, 0) is 38.5 Å². The van der Waals surface area contributed by atoms with Crippen molar-refractivity contribution < 1.29 is 4.79 Å². The fourth-order valence-corrected chi connectivity index (χ4v) is 1.87. The Labute approximate surface area is 74.2 Å². The Morgan fingerprint density at radius 3 is 2.58 bits per heavy atom. The summed E-state index contributed by atoms with van der Waals surface area (Å²) in [6.07, 6.45) is 1.09. The van der Waals surface area contributed by atoms with Gasteiger partial charge in [0.1, 0.15) is 0 Å². The molecule has 0 N–H and O–H groups in total. The van der Waals surface area contributed by atoms with Crippen LogP contribution in [0.5, 0.6) is 0 Å². The molecule has 1 rings (SSSR count). The molecule has 0 aromatic rings. The van der Waals surface area contributed by atoms with Gasteiger partial charge in [-0.15, -0.1) is 0 Å². The largest absolute Gasteiger partial charge is 0.293 e. The predicted molar refractivity (Wildman–Crippen MR) is 50.1 cm³/mol. The van der Waals surface area contributed by atoms with E-state index in [0.717, 1.165) is 12.0 Å². The highest BCUT2D eigenvalue weighted by Gasteiger charge is 2.25. The quantitative estimate of drug-likeness (QED) is 0.591. The minimum Gasteiger partial charge on any atom is -0.293 e. The first kappa shape index (κ1) is 9.46. The van der Waals surface area contributed by atoms with Gasteiger partial charge >= 0.3 is 0 Å². The van der Waals surface area contributed by atoms with Gasteiger partial charge in [0.25, 0.3) is 0 Å². The molecule has 0 bridgehead atoms. The maximum Gasteiger partial charge on any atom is 0.172 e. The maximum atomic E-state index is 11.4. The van der Waals surface area contributed by atoms with Gasteiger partial charge in [0.15, 0.2) is 5.78 Å². The van der Waals surface area contributed by atoms with Crippen LogP contribution in [0.3, 0.4) is 0 Å². The molecule has 0 amide bonds. The molecule has 1 heterocycles. The molecule has 1 aliphatic rings. The summed E-state index contributed by atoms with van der Waals surface area (Å²) >= 11 is 0. The van der Waals surface area contributed by atoms with Crippen molar-refractivity contribution in [1.82, 2.24) is 4.90 Å². The van der Waals surface area contributed by atoms with E-state index in [2.05, 4.69) is 18.7 Å². The van der Waals surface area contributed by atoms with Gasteiger partial charge < -0.3 is 0 Å². The van der Waals surface area contributed by atoms with Crippen LogP contribution in [0, 0.1) is 0 Å². The SMILES string of the molecule is CC[C@@H]1C(C)=C(C)C(=O)CN1C. The molecule has 0 aliphatic carbocycles. The minimum absolute atomic E-state index is 0.278. The number of carbonyl (C=O) groups is 1. The van der Waals surface area contributed by atoms with Crippen LogP contribution in [0.15, 0.2) is 11.1 Å². The standard InChI is InChI=1S/C10H17NO/c1-5-9-7(2)8(3)10(12)6-11(9)4/h9H,5-6H2,1-4H3/t9-/m1/s1. The third kappa shape index (κ3) is 1.44. The number of likely N-dealkylation sites (N-methyl/N-ethyl adjacent to an activating group) is 1. The van der Waals surface area contributed by atoms with Crippen LogP contribution >= 0.6 is 0 Å². The average Bonchev–Trinajstić information content (AvgIpc) is 2.01. The zero-order valence-electron chi connectivity index (χ0n) is 8.35. The van der Waals surface area contributed by atoms with Gasteiger partial charge in [-0.2, -0.15) is 0 Å². The number of hydrogen-bond donors (Lipinski definition) is 0. The first-order valence-corrected chi connectivity index (χ1v) is 4.48. The summed E-state index contributed by atoms with van der Waals surface area (Å²) in [6.45, 7) is 6.75. The van der Waals surface area contributed by atoms with Crippen LogP contribution in [0.25, 0.3) is 0 Å². The lowest BCUT2D eigenvalue weighted by atomic mass is 9.93. The van der Waals surface area contributed by atoms with Crippen molar-refractivity contribution in [2.45, 2.75) is 33.2 Å². The van der Waals surface area contributed by atoms with Crippen LogP contribution in [-0.2, 0) is 4.79 Å². The van der Waals surface area contributed by atoms with Crippen LogP contribution < -0.4 is 0 Å². The van der Waals surface area contributed by atoms with Gasteiger partial charge in [0, 0.05) is 6.04 Å². The lowest BCUT2D eigenvalue weighted by molar-refractivity contribution is -0.117. The Morgan fingerprint density at radius 1 is 1.50 bits per heavy atom. The summed E-state index contributed by atoms with van der Waals surface area (Å²) in [5.41, 5.74) is 2.22. The van der Waals surface area contributed by atoms with Crippen molar-refractivity contribution in [2.75, 3.05) is 13.6 Å². The predicted octanol–water partition coefficient (Wildman–Crippen LogP) is 1.62. The van der Waals surface area contributed by atoms with Crippen LogP contribution in [0.2, 0.25) is 0 Å². The first-order chi connectivity index (χ1) is 5.57. The number of rotatable bonds is 1. The third-order valence-electron chi connectivity index (χ3n) is 2.82. The molecule has 0 fully saturated rings. The number of ketones is 1. The highest BCUT2D eigenvalue weighted by Crippen LogP contribution is 2.21. The number of hydrogen-bond acceptors (Lipinski definition) is 2. The molecule has 0 radical (unpaired) electrons. The van der Waals surface area contributed by atoms with E-state index in [9.17, 15) is 4.79 Å². The monoisotopic (exact) mass is 167 g/mol. The van der Waals surface area contributed by atoms with Crippen molar-refractivity contribution >= 4 is 5.78 Å². The summed E-state index contributed by atoms with van der Waals surface area (Å²) in [5, 5.41) is 0. The van der Waals surface area contributed by atoms with E-state index in [1.165, 1.54) is 5.57 Å². The Morgan fingerprint density at radius 2 is 2.08 bits per heavy atom. The second kappa shape index (κ2) is 3.40. The highest BCUT2D eigenvalue weighted by molar-refractivity contribution is 5.98. The molecule has 68 valence electrons. The zero-order valence-corrected chi connectivity index (χ0v) is 8.35. The lowest BCUT2D eigenvalue weighted by Gasteiger charge is -2.32. The van der Waals surface area contributed by atoms with Crippen molar-refractivity contribution in [2.24, 2.45) is 0 Å². The fourth-order valence-electron chi connectivity index (χ4n) is 1.87. The Balaban J connectivity index is 2.97. The van der Waals surface area contributed by atoms with E-state index < -0.39 is 0 Å². The Bertz CT molecular complexity index is 230. The normalized spacial score (nSPS) is 26.7. The molecule has 0 unspecified atom stereocenters. The molecule has 0 aromatic heterocycles. The van der Waals surface area contributed by atoms with E-state index in [1.54, 1.807) is 0 Å². The molecule has 12 heavy (non-hydrogen) atoms. The van der Waals surface area contributed by atoms with E-state index in [-0.39, 0.29) is 5.78 Å². The smallest absolute Gasteiger partial charge is 0.172 e.